The Morgan fingerprint density at radius 1 is 1.16 bits per heavy atom. The molecule has 0 aliphatic carbocycles. The minimum absolute atomic E-state index is 0.0475. The third-order valence-electron chi connectivity index (χ3n) is 3.34. The number of rotatable bonds is 7. The number of carbonyl (C=O) groups excluding carboxylic acids is 2. The fourth-order valence-corrected chi connectivity index (χ4v) is 2.16. The van der Waals surface area contributed by atoms with Crippen LogP contribution >= 0.6 is 0 Å². The highest BCUT2D eigenvalue weighted by atomic mass is 16.6. The summed E-state index contributed by atoms with van der Waals surface area (Å²) >= 11 is 0. The standard InChI is InChI=1S/C17H17N3O5/c1-25-17(22)12-5-4-6-13(11-12)19-16(21)9-10-18-14-7-2-3-8-15(14)20(23)24/h2-8,11,18H,9-10H2,1H3,(H,19,21). The van der Waals surface area contributed by atoms with Gasteiger partial charge >= 0.3 is 5.97 Å². The molecule has 2 rings (SSSR count). The van der Waals surface area contributed by atoms with Crippen LogP contribution in [0.25, 0.3) is 0 Å². The van der Waals surface area contributed by atoms with Crippen molar-refractivity contribution in [1.82, 2.24) is 0 Å². The molecule has 0 heterocycles. The Balaban J connectivity index is 1.90. The van der Waals surface area contributed by atoms with E-state index in [1.807, 2.05) is 0 Å². The van der Waals surface area contributed by atoms with E-state index in [1.54, 1.807) is 36.4 Å². The van der Waals surface area contributed by atoms with Crippen LogP contribution in [-0.4, -0.2) is 30.5 Å². The van der Waals surface area contributed by atoms with Crippen LogP contribution in [0.3, 0.4) is 0 Å². The molecule has 0 fully saturated rings. The zero-order valence-electron chi connectivity index (χ0n) is 13.5. The van der Waals surface area contributed by atoms with E-state index in [9.17, 15) is 19.7 Å². The number of nitro groups is 1. The summed E-state index contributed by atoms with van der Waals surface area (Å²) in [6, 6.07) is 12.6. The topological polar surface area (TPSA) is 111 Å². The average Bonchev–Trinajstić information content (AvgIpc) is 2.61. The van der Waals surface area contributed by atoms with Gasteiger partial charge in [0, 0.05) is 24.7 Å². The maximum Gasteiger partial charge on any atom is 0.337 e. The lowest BCUT2D eigenvalue weighted by molar-refractivity contribution is -0.384. The van der Waals surface area contributed by atoms with Gasteiger partial charge in [-0.25, -0.2) is 4.79 Å². The predicted molar refractivity (Wildman–Crippen MR) is 92.6 cm³/mol. The summed E-state index contributed by atoms with van der Waals surface area (Å²) < 4.78 is 4.62. The number of ether oxygens (including phenoxy) is 1. The number of nitro benzene ring substituents is 1. The minimum Gasteiger partial charge on any atom is -0.465 e. The van der Waals surface area contributed by atoms with Gasteiger partial charge in [-0.15, -0.1) is 0 Å². The Bertz CT molecular complexity index is 791. The maximum absolute atomic E-state index is 12.0. The third kappa shape index (κ3) is 5.03. The Hall–Kier alpha value is -3.42. The van der Waals surface area contributed by atoms with E-state index >= 15 is 0 Å². The molecule has 1 amide bonds. The molecule has 0 unspecified atom stereocenters. The molecule has 0 atom stereocenters. The predicted octanol–water partition coefficient (Wildman–Crippen LogP) is 2.82. The quantitative estimate of drug-likeness (QED) is 0.454. The van der Waals surface area contributed by atoms with Gasteiger partial charge in [0.05, 0.1) is 17.6 Å². The highest BCUT2D eigenvalue weighted by molar-refractivity contribution is 5.94. The van der Waals surface area contributed by atoms with E-state index in [1.165, 1.54) is 19.2 Å². The van der Waals surface area contributed by atoms with Gasteiger partial charge in [-0.2, -0.15) is 0 Å². The number of methoxy groups -OCH3 is 1. The fraction of sp³-hybridized carbons (Fsp3) is 0.176. The SMILES string of the molecule is COC(=O)c1cccc(NC(=O)CCNc2ccccc2[N+](=O)[O-])c1. The number of para-hydroxylation sites is 2. The number of nitrogens with zero attached hydrogens (tertiary/aromatic N) is 1. The molecule has 2 aromatic carbocycles. The normalized spacial score (nSPS) is 9.96. The van der Waals surface area contributed by atoms with Crippen molar-refractivity contribution in [2.24, 2.45) is 0 Å². The van der Waals surface area contributed by atoms with Crippen LogP contribution in [0, 0.1) is 10.1 Å². The summed E-state index contributed by atoms with van der Waals surface area (Å²) in [5, 5.41) is 16.5. The second-order valence-electron chi connectivity index (χ2n) is 5.07. The van der Waals surface area contributed by atoms with Crippen molar-refractivity contribution >= 4 is 28.9 Å². The Morgan fingerprint density at radius 2 is 1.92 bits per heavy atom. The van der Waals surface area contributed by atoms with Crippen LogP contribution in [0.15, 0.2) is 48.5 Å². The molecule has 2 aromatic rings. The van der Waals surface area contributed by atoms with Crippen LogP contribution in [0.5, 0.6) is 0 Å². The Labute approximate surface area is 144 Å². The Kier molecular flexibility index (Phi) is 6.05. The first-order chi connectivity index (χ1) is 12.0. The fourth-order valence-electron chi connectivity index (χ4n) is 2.16. The molecule has 0 saturated carbocycles. The van der Waals surface area contributed by atoms with Gasteiger partial charge < -0.3 is 15.4 Å². The highest BCUT2D eigenvalue weighted by Gasteiger charge is 2.12. The van der Waals surface area contributed by atoms with Crippen LogP contribution in [0.2, 0.25) is 0 Å². The first-order valence-electron chi connectivity index (χ1n) is 7.47. The number of nitrogens with one attached hydrogen (secondary N) is 2. The summed E-state index contributed by atoms with van der Waals surface area (Å²) in [6.45, 7) is 0.230. The van der Waals surface area contributed by atoms with Gasteiger partial charge in [-0.05, 0) is 24.3 Å². The molecule has 0 aliphatic rings. The van der Waals surface area contributed by atoms with Crippen LogP contribution in [0.1, 0.15) is 16.8 Å². The van der Waals surface area contributed by atoms with E-state index in [4.69, 9.17) is 0 Å². The van der Waals surface area contributed by atoms with Gasteiger partial charge in [-0.1, -0.05) is 18.2 Å². The maximum atomic E-state index is 12.0. The van der Waals surface area contributed by atoms with Crippen molar-refractivity contribution in [3.63, 3.8) is 0 Å². The molecule has 0 spiro atoms. The molecule has 0 radical (unpaired) electrons. The van der Waals surface area contributed by atoms with E-state index in [0.717, 1.165) is 0 Å². The van der Waals surface area contributed by atoms with Gasteiger partial charge in [0.15, 0.2) is 0 Å². The van der Waals surface area contributed by atoms with Crippen molar-refractivity contribution < 1.29 is 19.2 Å². The molecule has 0 aromatic heterocycles. The number of hydrogen-bond acceptors (Lipinski definition) is 6. The van der Waals surface area contributed by atoms with Crippen molar-refractivity contribution in [1.29, 1.82) is 0 Å². The lowest BCUT2D eigenvalue weighted by Gasteiger charge is -2.08. The van der Waals surface area contributed by atoms with Crippen molar-refractivity contribution in [2.45, 2.75) is 6.42 Å². The van der Waals surface area contributed by atoms with E-state index in [2.05, 4.69) is 15.4 Å². The largest absolute Gasteiger partial charge is 0.465 e. The van der Waals surface area contributed by atoms with Crippen molar-refractivity contribution in [2.75, 3.05) is 24.3 Å². The van der Waals surface area contributed by atoms with Crippen LogP contribution in [0.4, 0.5) is 17.1 Å². The van der Waals surface area contributed by atoms with Crippen molar-refractivity contribution in [3.05, 3.63) is 64.2 Å². The molecule has 0 bridgehead atoms. The van der Waals surface area contributed by atoms with Gasteiger partial charge in [0.2, 0.25) is 5.91 Å². The van der Waals surface area contributed by atoms with Gasteiger partial charge in [0.25, 0.3) is 5.69 Å². The van der Waals surface area contributed by atoms with Gasteiger partial charge in [-0.3, -0.25) is 14.9 Å². The number of anilines is 2. The monoisotopic (exact) mass is 343 g/mol. The summed E-state index contributed by atoms with van der Waals surface area (Å²) in [5.74, 6) is -0.776. The summed E-state index contributed by atoms with van der Waals surface area (Å²) in [6.07, 6.45) is 0.106. The molecular formula is C17H17N3O5. The first kappa shape index (κ1) is 17.9. The molecule has 130 valence electrons. The molecule has 0 aliphatic heterocycles. The molecule has 0 saturated heterocycles. The summed E-state index contributed by atoms with van der Waals surface area (Å²) in [4.78, 5) is 33.9. The Morgan fingerprint density at radius 3 is 2.64 bits per heavy atom. The lowest BCUT2D eigenvalue weighted by Crippen LogP contribution is -2.17. The summed E-state index contributed by atoms with van der Waals surface area (Å²) in [5.41, 5.74) is 1.11. The average molecular weight is 343 g/mol. The number of amides is 1. The van der Waals surface area contributed by atoms with Crippen molar-refractivity contribution in [3.8, 4) is 0 Å². The third-order valence-corrected chi connectivity index (χ3v) is 3.34. The zero-order chi connectivity index (χ0) is 18.2. The van der Waals surface area contributed by atoms with E-state index in [0.29, 0.717) is 16.9 Å². The second-order valence-corrected chi connectivity index (χ2v) is 5.07. The smallest absolute Gasteiger partial charge is 0.337 e. The number of carbonyl (C=O) groups is 2. The lowest BCUT2D eigenvalue weighted by atomic mass is 10.2. The van der Waals surface area contributed by atoms with E-state index < -0.39 is 10.9 Å². The number of esters is 1. The van der Waals surface area contributed by atoms with Crippen LogP contribution < -0.4 is 10.6 Å². The molecule has 8 nitrogen and oxygen atoms in total. The molecule has 25 heavy (non-hydrogen) atoms. The highest BCUT2D eigenvalue weighted by Crippen LogP contribution is 2.22. The molecule has 2 N–H and O–H groups in total. The minimum atomic E-state index is -0.492. The number of benzene rings is 2. The molecule has 8 heteroatoms. The second kappa shape index (κ2) is 8.44. The summed E-state index contributed by atoms with van der Waals surface area (Å²) in [7, 11) is 1.28. The first-order valence-corrected chi connectivity index (χ1v) is 7.47. The van der Waals surface area contributed by atoms with Crippen LogP contribution in [-0.2, 0) is 9.53 Å². The number of hydrogen-bond donors (Lipinski definition) is 2. The van der Waals surface area contributed by atoms with E-state index in [-0.39, 0.29) is 24.6 Å². The molecular weight excluding hydrogens is 326 g/mol. The van der Waals surface area contributed by atoms with Gasteiger partial charge in [0.1, 0.15) is 5.69 Å². The zero-order valence-corrected chi connectivity index (χ0v) is 13.5.